The van der Waals surface area contributed by atoms with E-state index in [1.54, 1.807) is 18.2 Å². The number of amides is 1. The van der Waals surface area contributed by atoms with Crippen LogP contribution in [-0.2, 0) is 11.3 Å². The minimum Gasteiger partial charge on any atom is -0.493 e. The third-order valence-electron chi connectivity index (χ3n) is 7.97. The third-order valence-corrected chi connectivity index (χ3v) is 7.97. The molecule has 0 saturated carbocycles. The molecule has 0 N–H and O–H groups in total. The van der Waals surface area contributed by atoms with E-state index in [9.17, 15) is 9.59 Å². The fourth-order valence-corrected chi connectivity index (χ4v) is 5.80. The van der Waals surface area contributed by atoms with Gasteiger partial charge in [-0.2, -0.15) is 0 Å². The zero-order valence-electron chi connectivity index (χ0n) is 23.8. The van der Waals surface area contributed by atoms with E-state index in [4.69, 9.17) is 18.9 Å². The van der Waals surface area contributed by atoms with Gasteiger partial charge in [-0.05, 0) is 41.5 Å². The Morgan fingerprint density at radius 3 is 2.12 bits per heavy atom. The predicted octanol–water partition coefficient (Wildman–Crippen LogP) is 5.07. The molecule has 2 aliphatic rings. The minimum atomic E-state index is -0.351. The van der Waals surface area contributed by atoms with Crippen LogP contribution in [-0.4, -0.2) is 74.8 Å². The van der Waals surface area contributed by atoms with Gasteiger partial charge < -0.3 is 23.8 Å². The van der Waals surface area contributed by atoms with Crippen LogP contribution in [0.2, 0.25) is 0 Å². The maximum absolute atomic E-state index is 13.8. The van der Waals surface area contributed by atoms with E-state index < -0.39 is 0 Å². The van der Waals surface area contributed by atoms with Gasteiger partial charge >= 0.3 is 0 Å². The molecule has 214 valence electrons. The van der Waals surface area contributed by atoms with Crippen LogP contribution < -0.4 is 14.2 Å². The Kier molecular flexibility index (Phi) is 8.71. The smallest absolute Gasteiger partial charge is 0.255 e. The summed E-state index contributed by atoms with van der Waals surface area (Å²) < 4.78 is 21.8. The summed E-state index contributed by atoms with van der Waals surface area (Å²) in [4.78, 5) is 31.2. The molecular weight excluding hydrogens is 520 g/mol. The Hall–Kier alpha value is -4.14. The summed E-state index contributed by atoms with van der Waals surface area (Å²) >= 11 is 0. The number of benzene rings is 3. The molecule has 3 aromatic rings. The van der Waals surface area contributed by atoms with Gasteiger partial charge in [-0.1, -0.05) is 48.5 Å². The second kappa shape index (κ2) is 12.6. The van der Waals surface area contributed by atoms with Crippen LogP contribution >= 0.6 is 0 Å². The van der Waals surface area contributed by atoms with Gasteiger partial charge in [0.15, 0.2) is 17.3 Å². The van der Waals surface area contributed by atoms with Gasteiger partial charge in [0.05, 0.1) is 34.5 Å². The fraction of sp³-hybridized carbons (Fsp3) is 0.333. The molecule has 41 heavy (non-hydrogen) atoms. The number of ketones is 1. The maximum Gasteiger partial charge on any atom is 0.255 e. The summed E-state index contributed by atoms with van der Waals surface area (Å²) in [6.07, 6.45) is 4.80. The molecule has 2 aliphatic heterocycles. The van der Waals surface area contributed by atoms with Crippen molar-refractivity contribution in [2.45, 2.75) is 25.0 Å². The van der Waals surface area contributed by atoms with E-state index in [1.807, 2.05) is 35.2 Å². The lowest BCUT2D eigenvalue weighted by Gasteiger charge is -2.46. The van der Waals surface area contributed by atoms with Crippen LogP contribution in [0, 0.1) is 0 Å². The van der Waals surface area contributed by atoms with Gasteiger partial charge in [-0.3, -0.25) is 14.5 Å². The number of rotatable bonds is 9. The lowest BCUT2D eigenvalue weighted by atomic mass is 9.96. The standard InChI is InChI=1S/C33H36N2O6/c1-38-29-21-27(22-30(39-2)31(29)40-3)28(36)14-11-24-9-12-26(13-10-24)32(37)35-18-17-34(23-25-7-5-4-6-8-25)33(35)15-19-41-20-16-33/h4-14,21-22H,15-20,23H2,1-3H3/b14-11+. The molecular formula is C33H36N2O6. The first-order chi connectivity index (χ1) is 20.0. The first-order valence-corrected chi connectivity index (χ1v) is 13.8. The lowest BCUT2D eigenvalue weighted by Crippen LogP contribution is -2.58. The molecule has 0 radical (unpaired) electrons. The SMILES string of the molecule is COc1cc(C(=O)/C=C/c2ccc(C(=O)N3CCN(Cc4ccccc4)C34CCOCC4)cc2)cc(OC)c1OC. The monoisotopic (exact) mass is 556 g/mol. The van der Waals surface area contributed by atoms with Crippen molar-refractivity contribution in [3.63, 3.8) is 0 Å². The molecule has 8 heteroatoms. The number of allylic oxidation sites excluding steroid dienone is 1. The van der Waals surface area contributed by atoms with Gasteiger partial charge in [0.25, 0.3) is 5.91 Å². The molecule has 5 rings (SSSR count). The molecule has 0 bridgehead atoms. The molecule has 2 fully saturated rings. The highest BCUT2D eigenvalue weighted by atomic mass is 16.5. The average Bonchev–Trinajstić information content (AvgIpc) is 3.35. The molecule has 2 heterocycles. The molecule has 1 spiro atoms. The van der Waals surface area contributed by atoms with Crippen LogP contribution in [0.1, 0.15) is 44.7 Å². The zero-order valence-corrected chi connectivity index (χ0v) is 23.8. The van der Waals surface area contributed by atoms with E-state index in [0.29, 0.717) is 48.1 Å². The lowest BCUT2D eigenvalue weighted by molar-refractivity contribution is -0.0681. The van der Waals surface area contributed by atoms with Gasteiger partial charge in [0, 0.05) is 43.6 Å². The van der Waals surface area contributed by atoms with Gasteiger partial charge in [-0.25, -0.2) is 0 Å². The molecule has 0 aromatic heterocycles. The second-order valence-corrected chi connectivity index (χ2v) is 10.2. The van der Waals surface area contributed by atoms with Crippen molar-refractivity contribution in [3.8, 4) is 17.2 Å². The van der Waals surface area contributed by atoms with E-state index >= 15 is 0 Å². The Bertz CT molecular complexity index is 1370. The quantitative estimate of drug-likeness (QED) is 0.269. The van der Waals surface area contributed by atoms with Crippen molar-refractivity contribution in [3.05, 3.63) is 95.1 Å². The van der Waals surface area contributed by atoms with Crippen LogP contribution in [0.4, 0.5) is 0 Å². The van der Waals surface area contributed by atoms with Gasteiger partial charge in [0.1, 0.15) is 5.66 Å². The summed E-state index contributed by atoms with van der Waals surface area (Å²) in [5.74, 6) is 1.07. The molecule has 2 saturated heterocycles. The molecule has 0 aliphatic carbocycles. The number of hydrogen-bond donors (Lipinski definition) is 0. The molecule has 3 aromatic carbocycles. The Labute approximate surface area is 241 Å². The summed E-state index contributed by atoms with van der Waals surface area (Å²) in [5, 5.41) is 0. The van der Waals surface area contributed by atoms with Crippen molar-refractivity contribution in [2.24, 2.45) is 0 Å². The Balaban J connectivity index is 1.30. The highest BCUT2D eigenvalue weighted by Gasteiger charge is 2.50. The summed E-state index contributed by atoms with van der Waals surface area (Å²) in [6, 6.07) is 21.0. The van der Waals surface area contributed by atoms with Gasteiger partial charge in [0.2, 0.25) is 5.75 Å². The van der Waals surface area contributed by atoms with Crippen molar-refractivity contribution in [1.82, 2.24) is 9.80 Å². The number of nitrogens with zero attached hydrogens (tertiary/aromatic N) is 2. The first-order valence-electron chi connectivity index (χ1n) is 13.8. The van der Waals surface area contributed by atoms with Crippen LogP contribution in [0.3, 0.4) is 0 Å². The number of carbonyl (C=O) groups excluding carboxylic acids is 2. The third kappa shape index (κ3) is 5.85. The van der Waals surface area contributed by atoms with E-state index in [2.05, 4.69) is 29.2 Å². The van der Waals surface area contributed by atoms with Crippen molar-refractivity contribution in [1.29, 1.82) is 0 Å². The molecule has 8 nitrogen and oxygen atoms in total. The molecule has 0 unspecified atom stereocenters. The van der Waals surface area contributed by atoms with Crippen molar-refractivity contribution < 1.29 is 28.5 Å². The van der Waals surface area contributed by atoms with Crippen LogP contribution in [0.15, 0.2) is 72.8 Å². The Morgan fingerprint density at radius 2 is 1.51 bits per heavy atom. The van der Waals surface area contributed by atoms with E-state index in [0.717, 1.165) is 31.5 Å². The normalized spacial score (nSPS) is 16.7. The predicted molar refractivity (Wildman–Crippen MR) is 157 cm³/mol. The average molecular weight is 557 g/mol. The highest BCUT2D eigenvalue weighted by Crippen LogP contribution is 2.39. The number of ether oxygens (including phenoxy) is 4. The largest absolute Gasteiger partial charge is 0.493 e. The first kappa shape index (κ1) is 28.4. The maximum atomic E-state index is 13.8. The zero-order chi connectivity index (χ0) is 28.8. The van der Waals surface area contributed by atoms with Crippen molar-refractivity contribution in [2.75, 3.05) is 47.6 Å². The Morgan fingerprint density at radius 1 is 0.854 bits per heavy atom. The van der Waals surface area contributed by atoms with Crippen LogP contribution in [0.5, 0.6) is 17.2 Å². The van der Waals surface area contributed by atoms with Crippen LogP contribution in [0.25, 0.3) is 6.08 Å². The number of hydrogen-bond acceptors (Lipinski definition) is 7. The van der Waals surface area contributed by atoms with E-state index in [-0.39, 0.29) is 17.4 Å². The van der Waals surface area contributed by atoms with Gasteiger partial charge in [-0.15, -0.1) is 0 Å². The van der Waals surface area contributed by atoms with Crippen molar-refractivity contribution >= 4 is 17.8 Å². The molecule has 0 atom stereocenters. The number of carbonyl (C=O) groups is 2. The summed E-state index contributed by atoms with van der Waals surface area (Å²) in [7, 11) is 4.54. The van der Waals surface area contributed by atoms with E-state index in [1.165, 1.54) is 33.0 Å². The summed E-state index contributed by atoms with van der Waals surface area (Å²) in [6.45, 7) is 3.58. The number of methoxy groups -OCH3 is 3. The topological polar surface area (TPSA) is 77.5 Å². The highest BCUT2D eigenvalue weighted by molar-refractivity contribution is 6.07. The fourth-order valence-electron chi connectivity index (χ4n) is 5.80. The second-order valence-electron chi connectivity index (χ2n) is 10.2. The summed E-state index contributed by atoms with van der Waals surface area (Å²) in [5.41, 5.74) is 2.75. The minimum absolute atomic E-state index is 0.0199. The molecule has 1 amide bonds.